The minimum atomic E-state index is 0.806. The van der Waals surface area contributed by atoms with E-state index in [1.54, 1.807) is 5.56 Å². The molecule has 0 heteroatoms. The zero-order valence-corrected chi connectivity index (χ0v) is 14.6. The molecule has 4 rings (SSSR count). The van der Waals surface area contributed by atoms with Gasteiger partial charge >= 0.3 is 0 Å². The molecule has 2 aliphatic carbocycles. The first kappa shape index (κ1) is 15.2. The normalized spacial score (nSPS) is 26.5. The van der Waals surface area contributed by atoms with Crippen molar-refractivity contribution in [3.05, 3.63) is 47.5 Å². The largest absolute Gasteiger partial charge is 0.0587 e. The van der Waals surface area contributed by atoms with E-state index in [4.69, 9.17) is 0 Å². The van der Waals surface area contributed by atoms with Crippen LogP contribution < -0.4 is 0 Å². The summed E-state index contributed by atoms with van der Waals surface area (Å²) in [6.45, 7) is 2.18. The first-order valence-electron chi connectivity index (χ1n) is 9.80. The second kappa shape index (κ2) is 6.67. The van der Waals surface area contributed by atoms with E-state index in [2.05, 4.69) is 43.3 Å². The zero-order chi connectivity index (χ0) is 15.6. The molecule has 0 N–H and O–H groups in total. The third kappa shape index (κ3) is 3.32. The lowest BCUT2D eigenvalue weighted by Gasteiger charge is -2.36. The molecule has 0 bridgehead atoms. The molecular weight excluding hydrogens is 276 g/mol. The first-order chi connectivity index (χ1) is 11.3. The van der Waals surface area contributed by atoms with E-state index in [1.807, 2.05) is 0 Å². The van der Waals surface area contributed by atoms with Crippen molar-refractivity contribution >= 4 is 10.8 Å². The van der Waals surface area contributed by atoms with Crippen LogP contribution in [0.2, 0.25) is 0 Å². The average Bonchev–Trinajstić information content (AvgIpc) is 2.62. The Balaban J connectivity index is 1.44. The monoisotopic (exact) mass is 306 g/mol. The molecule has 0 radical (unpaired) electrons. The number of hydrogen-bond donors (Lipinski definition) is 0. The molecule has 0 saturated heterocycles. The lowest BCUT2D eigenvalue weighted by atomic mass is 9.70. The summed E-state index contributed by atoms with van der Waals surface area (Å²) in [5.41, 5.74) is 2.95. The molecule has 0 nitrogen and oxygen atoms in total. The smallest absolute Gasteiger partial charge is 0.0162 e. The summed E-state index contributed by atoms with van der Waals surface area (Å²) < 4.78 is 0. The van der Waals surface area contributed by atoms with Crippen molar-refractivity contribution in [3.63, 3.8) is 0 Å². The Morgan fingerprint density at radius 2 is 1.30 bits per heavy atom. The van der Waals surface area contributed by atoms with Gasteiger partial charge in [0, 0.05) is 0 Å². The zero-order valence-electron chi connectivity index (χ0n) is 14.6. The first-order valence-corrected chi connectivity index (χ1v) is 9.80. The predicted octanol–water partition coefficient (Wildman–Crippen LogP) is 7.00. The van der Waals surface area contributed by atoms with E-state index >= 15 is 0 Å². The third-order valence-electron chi connectivity index (χ3n) is 6.58. The van der Waals surface area contributed by atoms with Gasteiger partial charge in [-0.1, -0.05) is 74.1 Å². The maximum atomic E-state index is 2.46. The van der Waals surface area contributed by atoms with Crippen LogP contribution in [0.4, 0.5) is 0 Å². The Morgan fingerprint density at radius 1 is 0.652 bits per heavy atom. The van der Waals surface area contributed by atoms with Gasteiger partial charge in [0.25, 0.3) is 0 Å². The molecule has 0 heterocycles. The van der Waals surface area contributed by atoms with Crippen LogP contribution in [-0.4, -0.2) is 0 Å². The van der Waals surface area contributed by atoms with Crippen molar-refractivity contribution in [2.75, 3.05) is 0 Å². The van der Waals surface area contributed by atoms with Crippen molar-refractivity contribution in [3.8, 4) is 0 Å². The summed E-state index contributed by atoms with van der Waals surface area (Å²) in [5, 5.41) is 2.81. The number of rotatable bonds is 2. The molecule has 0 atom stereocenters. The molecular formula is C23H30. The highest BCUT2D eigenvalue weighted by atomic mass is 14.3. The maximum Gasteiger partial charge on any atom is -0.0162 e. The molecule has 0 unspecified atom stereocenters. The van der Waals surface area contributed by atoms with Crippen molar-refractivity contribution in [2.24, 2.45) is 11.8 Å². The fourth-order valence-corrected chi connectivity index (χ4v) is 5.17. The van der Waals surface area contributed by atoms with Crippen molar-refractivity contribution in [1.82, 2.24) is 0 Å². The fraction of sp³-hybridized carbons (Fsp3) is 0.565. The summed E-state index contributed by atoms with van der Waals surface area (Å²) in [6, 6.07) is 14.0. The van der Waals surface area contributed by atoms with Gasteiger partial charge in [0.1, 0.15) is 0 Å². The highest BCUT2D eigenvalue weighted by Gasteiger charge is 2.29. The van der Waals surface area contributed by atoms with Gasteiger partial charge in [-0.05, 0) is 66.7 Å². The van der Waals surface area contributed by atoms with Crippen LogP contribution in [-0.2, 0) is 0 Å². The summed E-state index contributed by atoms with van der Waals surface area (Å²) in [7, 11) is 0. The maximum absolute atomic E-state index is 2.46. The van der Waals surface area contributed by atoms with Gasteiger partial charge in [0.2, 0.25) is 0 Å². The lowest BCUT2D eigenvalue weighted by Crippen LogP contribution is -2.23. The van der Waals surface area contributed by atoms with Gasteiger partial charge in [0.05, 0.1) is 0 Å². The predicted molar refractivity (Wildman–Crippen MR) is 100.0 cm³/mol. The summed E-state index contributed by atoms with van der Waals surface area (Å²) in [6.07, 6.45) is 13.3. The van der Waals surface area contributed by atoms with Gasteiger partial charge in [-0.25, -0.2) is 0 Å². The van der Waals surface area contributed by atoms with Gasteiger partial charge in [-0.3, -0.25) is 0 Å². The SMILES string of the molecule is Cc1ccc2cc(C3CCC(C4CCCCC4)CC3)ccc2c1. The Kier molecular flexibility index (Phi) is 4.42. The van der Waals surface area contributed by atoms with Crippen LogP contribution in [0, 0.1) is 18.8 Å². The van der Waals surface area contributed by atoms with Crippen molar-refractivity contribution in [2.45, 2.75) is 70.6 Å². The topological polar surface area (TPSA) is 0 Å². The molecule has 2 aromatic carbocycles. The van der Waals surface area contributed by atoms with Crippen LogP contribution in [0.15, 0.2) is 36.4 Å². The standard InChI is InChI=1S/C23H30/c1-17-7-8-23-16-22(14-13-21(23)15-17)20-11-9-19(10-12-20)18-5-3-2-4-6-18/h7-8,13-16,18-20H,2-6,9-12H2,1H3. The number of benzene rings is 2. The van der Waals surface area contributed by atoms with Gasteiger partial charge in [-0.2, -0.15) is 0 Å². The van der Waals surface area contributed by atoms with Gasteiger partial charge < -0.3 is 0 Å². The average molecular weight is 306 g/mol. The highest BCUT2D eigenvalue weighted by molar-refractivity contribution is 5.83. The van der Waals surface area contributed by atoms with E-state index in [-0.39, 0.29) is 0 Å². The number of aryl methyl sites for hydroxylation is 1. The minimum absolute atomic E-state index is 0.806. The number of fused-ring (bicyclic) bond motifs is 1. The summed E-state index contributed by atoms with van der Waals surface area (Å²) in [5.74, 6) is 2.90. The fourth-order valence-electron chi connectivity index (χ4n) is 5.17. The highest BCUT2D eigenvalue weighted by Crippen LogP contribution is 2.43. The van der Waals surface area contributed by atoms with E-state index in [1.165, 1.54) is 74.1 Å². The molecule has 2 saturated carbocycles. The van der Waals surface area contributed by atoms with Crippen LogP contribution in [0.5, 0.6) is 0 Å². The Hall–Kier alpha value is -1.30. The molecule has 23 heavy (non-hydrogen) atoms. The van der Waals surface area contributed by atoms with Gasteiger partial charge in [0.15, 0.2) is 0 Å². The van der Waals surface area contributed by atoms with Crippen LogP contribution >= 0.6 is 0 Å². The molecule has 0 amide bonds. The van der Waals surface area contributed by atoms with E-state index in [0.29, 0.717) is 0 Å². The third-order valence-corrected chi connectivity index (χ3v) is 6.58. The minimum Gasteiger partial charge on any atom is -0.0587 e. The quantitative estimate of drug-likeness (QED) is 0.560. The Labute approximate surface area is 141 Å². The van der Waals surface area contributed by atoms with E-state index < -0.39 is 0 Å². The van der Waals surface area contributed by atoms with E-state index in [9.17, 15) is 0 Å². The lowest BCUT2D eigenvalue weighted by molar-refractivity contribution is 0.186. The molecule has 2 aliphatic rings. The Morgan fingerprint density at radius 3 is 2.09 bits per heavy atom. The van der Waals surface area contributed by atoms with Gasteiger partial charge in [-0.15, -0.1) is 0 Å². The summed E-state index contributed by atoms with van der Waals surface area (Å²) >= 11 is 0. The Bertz CT molecular complexity index is 655. The van der Waals surface area contributed by atoms with Crippen LogP contribution in [0.1, 0.15) is 74.8 Å². The van der Waals surface area contributed by atoms with Crippen molar-refractivity contribution in [1.29, 1.82) is 0 Å². The van der Waals surface area contributed by atoms with Crippen LogP contribution in [0.3, 0.4) is 0 Å². The second-order valence-electron chi connectivity index (χ2n) is 8.12. The van der Waals surface area contributed by atoms with Crippen molar-refractivity contribution < 1.29 is 0 Å². The van der Waals surface area contributed by atoms with E-state index in [0.717, 1.165) is 17.8 Å². The second-order valence-corrected chi connectivity index (χ2v) is 8.12. The molecule has 0 aromatic heterocycles. The molecule has 0 aliphatic heterocycles. The number of hydrogen-bond acceptors (Lipinski definition) is 0. The molecule has 122 valence electrons. The summed E-state index contributed by atoms with van der Waals surface area (Å²) in [4.78, 5) is 0. The van der Waals surface area contributed by atoms with Crippen LogP contribution in [0.25, 0.3) is 10.8 Å². The molecule has 2 aromatic rings. The molecule has 2 fully saturated rings. The molecule has 0 spiro atoms.